The summed E-state index contributed by atoms with van der Waals surface area (Å²) in [5, 5.41) is 13.3. The van der Waals surface area contributed by atoms with E-state index in [9.17, 15) is 9.90 Å². The molecule has 0 aliphatic carbocycles. The molecule has 2 aromatic heterocycles. The molecule has 0 saturated carbocycles. The molecule has 0 saturated heterocycles. The number of benzene rings is 2. The molecule has 178 valence electrons. The minimum atomic E-state index is -0.827. The average molecular weight is 504 g/mol. The number of hydrogen-bond acceptors (Lipinski definition) is 4. The number of nitrogens with zero attached hydrogens (tertiary/aromatic N) is 1. The lowest BCUT2D eigenvalue weighted by molar-refractivity contribution is -0.142. The Labute approximate surface area is 214 Å². The number of rotatable bonds is 8. The van der Waals surface area contributed by atoms with Crippen molar-refractivity contribution >= 4 is 39.0 Å². The summed E-state index contributed by atoms with van der Waals surface area (Å²) in [6.45, 7) is 6.06. The predicted octanol–water partition coefficient (Wildman–Crippen LogP) is 7.72. The molecule has 1 unspecified atom stereocenters. The highest BCUT2D eigenvalue weighted by atomic mass is 35.5. The Morgan fingerprint density at radius 3 is 2.63 bits per heavy atom. The first-order valence-electron chi connectivity index (χ1n) is 11.4. The fourth-order valence-electron chi connectivity index (χ4n) is 4.19. The van der Waals surface area contributed by atoms with Crippen LogP contribution in [0.15, 0.2) is 60.0 Å². The number of ether oxygens (including phenoxy) is 1. The first-order chi connectivity index (χ1) is 16.9. The van der Waals surface area contributed by atoms with Crippen molar-refractivity contribution in [1.82, 2.24) is 4.98 Å². The van der Waals surface area contributed by atoms with E-state index in [1.165, 1.54) is 4.70 Å². The summed E-state index contributed by atoms with van der Waals surface area (Å²) in [7, 11) is 0. The number of thiophene rings is 1. The summed E-state index contributed by atoms with van der Waals surface area (Å²) < 4.78 is 7.23. The van der Waals surface area contributed by atoms with Crippen LogP contribution in [0.5, 0.6) is 5.75 Å². The number of fused-ring (bicyclic) bond motifs is 1. The number of pyridine rings is 1. The van der Waals surface area contributed by atoms with Gasteiger partial charge in [0.05, 0.1) is 17.5 Å². The standard InChI is InChI=1S/C29H26ClNO3S/c1-4-6-23(22(5-2)29(32)33)20-9-11-21(12-10-20)34-16-19-8-13-26-24(15-19)25(17-35-26)28-18(3)7-14-27(30)31-28/h7-15,17,22-23H,5,16H2,1-3H3,(H,32,33)/t22?,23-/m1/s1. The summed E-state index contributed by atoms with van der Waals surface area (Å²) in [5.41, 5.74) is 4.98. The summed E-state index contributed by atoms with van der Waals surface area (Å²) in [6.07, 6.45) is 0.518. The lowest BCUT2D eigenvalue weighted by Crippen LogP contribution is -2.20. The fourth-order valence-corrected chi connectivity index (χ4v) is 5.26. The first-order valence-corrected chi connectivity index (χ1v) is 12.7. The topological polar surface area (TPSA) is 59.4 Å². The average Bonchev–Trinajstić information content (AvgIpc) is 3.27. The second-order valence-electron chi connectivity index (χ2n) is 8.36. The van der Waals surface area contributed by atoms with Gasteiger partial charge in [0, 0.05) is 21.0 Å². The van der Waals surface area contributed by atoms with E-state index in [-0.39, 0.29) is 5.92 Å². The number of halogens is 1. The van der Waals surface area contributed by atoms with Gasteiger partial charge in [0.15, 0.2) is 0 Å². The maximum atomic E-state index is 11.7. The van der Waals surface area contributed by atoms with Crippen molar-refractivity contribution < 1.29 is 14.6 Å². The molecule has 2 atom stereocenters. The molecule has 4 nitrogen and oxygen atoms in total. The molecular weight excluding hydrogens is 478 g/mol. The molecule has 4 aromatic rings. The van der Waals surface area contributed by atoms with Crippen LogP contribution in [0.1, 0.15) is 42.9 Å². The van der Waals surface area contributed by atoms with E-state index >= 15 is 0 Å². The minimum absolute atomic E-state index is 0.348. The van der Waals surface area contributed by atoms with Crippen LogP contribution in [0.3, 0.4) is 0 Å². The van der Waals surface area contributed by atoms with Gasteiger partial charge >= 0.3 is 5.97 Å². The summed E-state index contributed by atoms with van der Waals surface area (Å²) in [4.78, 5) is 16.2. The van der Waals surface area contributed by atoms with E-state index in [2.05, 4.69) is 40.4 Å². The Balaban J connectivity index is 1.53. The van der Waals surface area contributed by atoms with Gasteiger partial charge < -0.3 is 9.84 Å². The zero-order valence-electron chi connectivity index (χ0n) is 19.8. The van der Waals surface area contributed by atoms with Crippen molar-refractivity contribution in [2.75, 3.05) is 0 Å². The fraction of sp³-hybridized carbons (Fsp3) is 0.241. The molecule has 0 fully saturated rings. The lowest BCUT2D eigenvalue weighted by atomic mass is 9.84. The molecule has 0 spiro atoms. The van der Waals surface area contributed by atoms with Gasteiger partial charge in [0.25, 0.3) is 0 Å². The number of hydrogen-bond donors (Lipinski definition) is 1. The number of aryl methyl sites for hydroxylation is 1. The van der Waals surface area contributed by atoms with Gasteiger partial charge in [-0.1, -0.05) is 48.7 Å². The summed E-state index contributed by atoms with van der Waals surface area (Å²) >= 11 is 7.84. The summed E-state index contributed by atoms with van der Waals surface area (Å²) in [6, 6.07) is 17.7. The Morgan fingerprint density at radius 1 is 1.17 bits per heavy atom. The molecule has 35 heavy (non-hydrogen) atoms. The third-order valence-corrected chi connectivity index (χ3v) is 7.23. The van der Waals surface area contributed by atoms with Crippen molar-refractivity contribution in [3.05, 3.63) is 81.8 Å². The zero-order chi connectivity index (χ0) is 24.9. The SMILES string of the molecule is CC#C[C@H](c1ccc(OCc2ccc3scc(-c4nc(Cl)ccc4C)c3c2)cc1)C(CC)C(=O)O. The van der Waals surface area contributed by atoms with E-state index < -0.39 is 11.9 Å². The van der Waals surface area contributed by atoms with Crippen LogP contribution in [0.4, 0.5) is 0 Å². The molecule has 0 amide bonds. The maximum absolute atomic E-state index is 11.7. The second-order valence-corrected chi connectivity index (χ2v) is 9.66. The van der Waals surface area contributed by atoms with Gasteiger partial charge in [-0.2, -0.15) is 0 Å². The van der Waals surface area contributed by atoms with Crippen molar-refractivity contribution in [3.63, 3.8) is 0 Å². The molecule has 2 heterocycles. The molecule has 0 aliphatic heterocycles. The molecule has 6 heteroatoms. The van der Waals surface area contributed by atoms with Crippen LogP contribution >= 0.6 is 22.9 Å². The van der Waals surface area contributed by atoms with E-state index in [0.717, 1.165) is 39.1 Å². The van der Waals surface area contributed by atoms with Crippen LogP contribution in [-0.2, 0) is 11.4 Å². The zero-order valence-corrected chi connectivity index (χ0v) is 21.4. The Bertz CT molecular complexity index is 1420. The number of carboxylic acid groups (broad SMARTS) is 1. The maximum Gasteiger partial charge on any atom is 0.308 e. The van der Waals surface area contributed by atoms with E-state index in [1.807, 2.05) is 44.2 Å². The number of carbonyl (C=O) groups is 1. The molecule has 1 N–H and O–H groups in total. The number of aliphatic carboxylic acids is 1. The molecule has 0 bridgehead atoms. The van der Waals surface area contributed by atoms with Crippen LogP contribution < -0.4 is 4.74 Å². The highest BCUT2D eigenvalue weighted by Crippen LogP contribution is 2.36. The van der Waals surface area contributed by atoms with Crippen LogP contribution in [0.2, 0.25) is 5.15 Å². The molecule has 0 aliphatic rings. The quantitative estimate of drug-likeness (QED) is 0.197. The molecule has 0 radical (unpaired) electrons. The van der Waals surface area contributed by atoms with Gasteiger partial charge in [-0.05, 0) is 67.3 Å². The third kappa shape index (κ3) is 5.51. The van der Waals surface area contributed by atoms with Crippen molar-refractivity contribution in [1.29, 1.82) is 0 Å². The Kier molecular flexibility index (Phi) is 7.75. The predicted molar refractivity (Wildman–Crippen MR) is 143 cm³/mol. The van der Waals surface area contributed by atoms with Gasteiger partial charge in [-0.3, -0.25) is 4.79 Å². The Hall–Kier alpha value is -3.33. The lowest BCUT2D eigenvalue weighted by Gasteiger charge is -2.18. The molecule has 4 rings (SSSR count). The van der Waals surface area contributed by atoms with Gasteiger partial charge in [0.1, 0.15) is 17.5 Å². The monoisotopic (exact) mass is 503 g/mol. The molecule has 2 aromatic carbocycles. The van der Waals surface area contributed by atoms with E-state index in [4.69, 9.17) is 16.3 Å². The highest BCUT2D eigenvalue weighted by molar-refractivity contribution is 7.17. The van der Waals surface area contributed by atoms with Crippen LogP contribution in [-0.4, -0.2) is 16.1 Å². The van der Waals surface area contributed by atoms with E-state index in [0.29, 0.717) is 18.2 Å². The van der Waals surface area contributed by atoms with Gasteiger partial charge in [0.2, 0.25) is 0 Å². The minimum Gasteiger partial charge on any atom is -0.489 e. The first kappa shape index (κ1) is 24.8. The third-order valence-electron chi connectivity index (χ3n) is 6.06. The second kappa shape index (κ2) is 10.9. The largest absolute Gasteiger partial charge is 0.489 e. The van der Waals surface area contributed by atoms with Crippen molar-refractivity contribution in [2.24, 2.45) is 5.92 Å². The van der Waals surface area contributed by atoms with Crippen LogP contribution in [0, 0.1) is 24.7 Å². The van der Waals surface area contributed by atoms with Crippen molar-refractivity contribution in [3.8, 4) is 28.8 Å². The van der Waals surface area contributed by atoms with E-state index in [1.54, 1.807) is 24.3 Å². The van der Waals surface area contributed by atoms with Crippen LogP contribution in [0.25, 0.3) is 21.3 Å². The van der Waals surface area contributed by atoms with Crippen molar-refractivity contribution in [2.45, 2.75) is 39.7 Å². The van der Waals surface area contributed by atoms with Gasteiger partial charge in [-0.15, -0.1) is 17.3 Å². The number of aromatic nitrogens is 1. The summed E-state index contributed by atoms with van der Waals surface area (Å²) in [5.74, 6) is 4.94. The number of carboxylic acids is 1. The Morgan fingerprint density at radius 2 is 1.94 bits per heavy atom. The molecular formula is C29H26ClNO3S. The highest BCUT2D eigenvalue weighted by Gasteiger charge is 2.26. The normalized spacial score (nSPS) is 12.6. The smallest absolute Gasteiger partial charge is 0.308 e. The van der Waals surface area contributed by atoms with Gasteiger partial charge in [-0.25, -0.2) is 4.98 Å².